The molecule has 2 rings (SSSR count). The van der Waals surface area contributed by atoms with Crippen LogP contribution in [0, 0.1) is 0 Å². The number of methoxy groups -OCH3 is 1. The fourth-order valence-electron chi connectivity index (χ4n) is 1.21. The Labute approximate surface area is 109 Å². The fourth-order valence-corrected chi connectivity index (χ4v) is 2.60. The number of imidazole rings is 1. The Morgan fingerprint density at radius 2 is 2.41 bits per heavy atom. The molecule has 1 amide bonds. The van der Waals surface area contributed by atoms with Gasteiger partial charge in [0.25, 0.3) is 5.91 Å². The number of aromatic nitrogens is 2. The SMILES string of the molecule is COC(=O)CNC(=O)c1nc2sccn2c1Br. The van der Waals surface area contributed by atoms with Crippen molar-refractivity contribution in [3.8, 4) is 0 Å². The summed E-state index contributed by atoms with van der Waals surface area (Å²) in [6.45, 7) is -0.174. The van der Waals surface area contributed by atoms with Crippen molar-refractivity contribution in [3.63, 3.8) is 0 Å². The number of nitrogens with zero attached hydrogens (tertiary/aromatic N) is 2. The van der Waals surface area contributed by atoms with Crippen molar-refractivity contribution in [2.45, 2.75) is 0 Å². The van der Waals surface area contributed by atoms with Crippen LogP contribution >= 0.6 is 27.3 Å². The Bertz CT molecular complexity index is 577. The van der Waals surface area contributed by atoms with Gasteiger partial charge in [-0.05, 0) is 15.9 Å². The molecule has 8 heteroatoms. The van der Waals surface area contributed by atoms with Crippen LogP contribution in [-0.2, 0) is 9.53 Å². The quantitative estimate of drug-likeness (QED) is 0.859. The fraction of sp³-hybridized carbons (Fsp3) is 0.222. The van der Waals surface area contributed by atoms with Gasteiger partial charge < -0.3 is 10.1 Å². The number of ether oxygens (including phenoxy) is 1. The van der Waals surface area contributed by atoms with Gasteiger partial charge >= 0.3 is 5.97 Å². The zero-order valence-electron chi connectivity index (χ0n) is 8.77. The smallest absolute Gasteiger partial charge is 0.325 e. The maximum atomic E-state index is 11.7. The second-order valence-corrected chi connectivity index (χ2v) is 4.69. The number of thiazole rings is 1. The Morgan fingerprint density at radius 1 is 1.65 bits per heavy atom. The number of amides is 1. The second-order valence-electron chi connectivity index (χ2n) is 3.07. The van der Waals surface area contributed by atoms with Crippen LogP contribution in [0.15, 0.2) is 16.2 Å². The maximum Gasteiger partial charge on any atom is 0.325 e. The van der Waals surface area contributed by atoms with Crippen LogP contribution in [0.3, 0.4) is 0 Å². The van der Waals surface area contributed by atoms with Gasteiger partial charge in [-0.15, -0.1) is 11.3 Å². The van der Waals surface area contributed by atoms with E-state index in [1.165, 1.54) is 18.4 Å². The molecule has 0 bridgehead atoms. The van der Waals surface area contributed by atoms with Gasteiger partial charge in [-0.25, -0.2) is 4.98 Å². The molecule has 0 unspecified atom stereocenters. The van der Waals surface area contributed by atoms with Gasteiger partial charge in [-0.1, -0.05) is 0 Å². The molecule has 0 aliphatic heterocycles. The van der Waals surface area contributed by atoms with Crippen molar-refractivity contribution in [2.75, 3.05) is 13.7 Å². The zero-order valence-corrected chi connectivity index (χ0v) is 11.2. The molecule has 90 valence electrons. The first-order valence-electron chi connectivity index (χ1n) is 4.59. The molecular weight excluding hydrogens is 310 g/mol. The van der Waals surface area contributed by atoms with Gasteiger partial charge in [-0.3, -0.25) is 14.0 Å². The summed E-state index contributed by atoms with van der Waals surface area (Å²) in [4.78, 5) is 27.5. The average Bonchev–Trinajstić information content (AvgIpc) is 2.89. The molecule has 1 N–H and O–H groups in total. The molecule has 0 aromatic carbocycles. The third-order valence-electron chi connectivity index (χ3n) is 2.04. The molecule has 2 aromatic heterocycles. The first-order chi connectivity index (χ1) is 8.13. The standard InChI is InChI=1S/C9H8BrN3O3S/c1-16-5(14)4-11-8(15)6-7(10)13-2-3-17-9(13)12-6/h2-3H,4H2,1H3,(H,11,15). The lowest BCUT2D eigenvalue weighted by atomic mass is 10.4. The molecule has 0 spiro atoms. The molecule has 0 fully saturated rings. The lowest BCUT2D eigenvalue weighted by molar-refractivity contribution is -0.139. The summed E-state index contributed by atoms with van der Waals surface area (Å²) in [5.74, 6) is -0.923. The summed E-state index contributed by atoms with van der Waals surface area (Å²) in [6.07, 6.45) is 1.80. The molecule has 6 nitrogen and oxygen atoms in total. The summed E-state index contributed by atoms with van der Waals surface area (Å²) in [7, 11) is 1.26. The van der Waals surface area contributed by atoms with Crippen LogP contribution in [0.4, 0.5) is 0 Å². The summed E-state index contributed by atoms with van der Waals surface area (Å²) in [5, 5.41) is 4.29. The number of carbonyl (C=O) groups excluding carboxylic acids is 2. The molecule has 2 heterocycles. The molecule has 0 saturated heterocycles. The zero-order chi connectivity index (χ0) is 12.4. The van der Waals surface area contributed by atoms with E-state index in [0.29, 0.717) is 9.56 Å². The molecule has 0 aliphatic carbocycles. The number of hydrogen-bond donors (Lipinski definition) is 1. The van der Waals surface area contributed by atoms with Crippen molar-refractivity contribution in [1.29, 1.82) is 0 Å². The van der Waals surface area contributed by atoms with E-state index >= 15 is 0 Å². The van der Waals surface area contributed by atoms with E-state index < -0.39 is 11.9 Å². The Morgan fingerprint density at radius 3 is 3.06 bits per heavy atom. The van der Waals surface area contributed by atoms with E-state index in [-0.39, 0.29) is 12.2 Å². The lowest BCUT2D eigenvalue weighted by Gasteiger charge is -2.01. The third kappa shape index (κ3) is 2.32. The van der Waals surface area contributed by atoms with E-state index in [1.54, 1.807) is 10.6 Å². The highest BCUT2D eigenvalue weighted by molar-refractivity contribution is 9.10. The molecule has 0 saturated carbocycles. The largest absolute Gasteiger partial charge is 0.468 e. The topological polar surface area (TPSA) is 72.7 Å². The maximum absolute atomic E-state index is 11.7. The van der Waals surface area contributed by atoms with Gasteiger partial charge in [0, 0.05) is 11.6 Å². The number of halogens is 1. The first-order valence-corrected chi connectivity index (χ1v) is 6.27. The van der Waals surface area contributed by atoms with Gasteiger partial charge in [0.15, 0.2) is 10.7 Å². The molecule has 17 heavy (non-hydrogen) atoms. The van der Waals surface area contributed by atoms with E-state index in [9.17, 15) is 9.59 Å². The molecule has 0 atom stereocenters. The number of rotatable bonds is 3. The van der Waals surface area contributed by atoms with Crippen molar-refractivity contribution in [3.05, 3.63) is 21.9 Å². The van der Waals surface area contributed by atoms with Crippen LogP contribution in [0.2, 0.25) is 0 Å². The summed E-state index contributed by atoms with van der Waals surface area (Å²) >= 11 is 4.70. The van der Waals surface area contributed by atoms with Gasteiger partial charge in [0.05, 0.1) is 7.11 Å². The first kappa shape index (κ1) is 12.1. The molecule has 0 radical (unpaired) electrons. The van der Waals surface area contributed by atoms with Crippen LogP contribution in [0.25, 0.3) is 4.96 Å². The van der Waals surface area contributed by atoms with Gasteiger partial charge in [-0.2, -0.15) is 0 Å². The van der Waals surface area contributed by atoms with Crippen LogP contribution in [0.5, 0.6) is 0 Å². The number of hydrogen-bond acceptors (Lipinski definition) is 5. The Hall–Kier alpha value is -1.41. The minimum absolute atomic E-state index is 0.174. The Balaban J connectivity index is 2.16. The van der Waals surface area contributed by atoms with Crippen molar-refractivity contribution < 1.29 is 14.3 Å². The molecule has 2 aromatic rings. The summed E-state index contributed by atoms with van der Waals surface area (Å²) in [5.41, 5.74) is 0.251. The van der Waals surface area contributed by atoms with E-state index in [4.69, 9.17) is 0 Å². The number of nitrogens with one attached hydrogen (secondary N) is 1. The van der Waals surface area contributed by atoms with E-state index in [1.807, 2.05) is 5.38 Å². The number of carbonyl (C=O) groups is 2. The molecule has 0 aliphatic rings. The second kappa shape index (κ2) is 4.84. The van der Waals surface area contributed by atoms with Crippen LogP contribution < -0.4 is 5.32 Å². The highest BCUT2D eigenvalue weighted by Gasteiger charge is 2.18. The summed E-state index contributed by atoms with van der Waals surface area (Å²) in [6, 6.07) is 0. The van der Waals surface area contributed by atoms with Gasteiger partial charge in [0.1, 0.15) is 11.1 Å². The van der Waals surface area contributed by atoms with Crippen molar-refractivity contribution >= 4 is 44.1 Å². The predicted octanol–water partition coefficient (Wildman–Crippen LogP) is 1.06. The normalized spacial score (nSPS) is 10.5. The van der Waals surface area contributed by atoms with E-state index in [0.717, 1.165) is 0 Å². The van der Waals surface area contributed by atoms with E-state index in [2.05, 4.69) is 31.0 Å². The average molecular weight is 318 g/mol. The molecular formula is C9H8BrN3O3S. The van der Waals surface area contributed by atoms with Gasteiger partial charge in [0.2, 0.25) is 0 Å². The van der Waals surface area contributed by atoms with Crippen molar-refractivity contribution in [1.82, 2.24) is 14.7 Å². The van der Waals surface area contributed by atoms with Crippen LogP contribution in [-0.4, -0.2) is 34.9 Å². The predicted molar refractivity (Wildman–Crippen MR) is 65.1 cm³/mol. The lowest BCUT2D eigenvalue weighted by Crippen LogP contribution is -2.30. The van der Waals surface area contributed by atoms with Crippen LogP contribution in [0.1, 0.15) is 10.5 Å². The highest BCUT2D eigenvalue weighted by Crippen LogP contribution is 2.21. The number of fused-ring (bicyclic) bond motifs is 1. The minimum atomic E-state index is -0.504. The minimum Gasteiger partial charge on any atom is -0.468 e. The monoisotopic (exact) mass is 317 g/mol. The highest BCUT2D eigenvalue weighted by atomic mass is 79.9. The third-order valence-corrected chi connectivity index (χ3v) is 3.55. The Kier molecular flexibility index (Phi) is 3.43. The van der Waals surface area contributed by atoms with Crippen molar-refractivity contribution in [2.24, 2.45) is 0 Å². The number of esters is 1. The summed E-state index contributed by atoms with van der Waals surface area (Å²) < 4.78 is 6.74.